The van der Waals surface area contributed by atoms with Crippen LogP contribution >= 0.6 is 15.9 Å². The Hall–Kier alpha value is -0.610. The maximum Gasteiger partial charge on any atom is 0.123 e. The lowest BCUT2D eigenvalue weighted by molar-refractivity contribution is 0.270. The van der Waals surface area contributed by atoms with Gasteiger partial charge in [0.25, 0.3) is 0 Å². The van der Waals surface area contributed by atoms with Crippen LogP contribution in [0.15, 0.2) is 22.7 Å². The first kappa shape index (κ1) is 12.5. The molecule has 0 saturated carbocycles. The van der Waals surface area contributed by atoms with Crippen molar-refractivity contribution in [1.29, 1.82) is 0 Å². The van der Waals surface area contributed by atoms with Crippen molar-refractivity contribution < 1.29 is 9.13 Å². The summed E-state index contributed by atoms with van der Waals surface area (Å²) in [5.74, 6) is 0.716. The topological polar surface area (TPSA) is 35.2 Å². The van der Waals surface area contributed by atoms with E-state index < -0.39 is 6.67 Å². The number of rotatable bonds is 5. The third-order valence-corrected chi connectivity index (χ3v) is 2.39. The molecular weight excluding hydrogens is 261 g/mol. The van der Waals surface area contributed by atoms with Crippen LogP contribution < -0.4 is 10.5 Å². The Bertz CT molecular complexity index is 317. The smallest absolute Gasteiger partial charge is 0.123 e. The molecule has 0 aliphatic heterocycles. The molecule has 0 radical (unpaired) electrons. The van der Waals surface area contributed by atoms with E-state index in [9.17, 15) is 4.39 Å². The average Bonchev–Trinajstić information content (AvgIpc) is 2.16. The highest BCUT2D eigenvalue weighted by molar-refractivity contribution is 9.10. The SMILES string of the molecule is CC(N)Cc1cc(Br)ccc1OCCF. The van der Waals surface area contributed by atoms with E-state index in [1.807, 2.05) is 25.1 Å². The molecule has 0 fully saturated rings. The highest BCUT2D eigenvalue weighted by atomic mass is 79.9. The van der Waals surface area contributed by atoms with Gasteiger partial charge in [0.2, 0.25) is 0 Å². The zero-order chi connectivity index (χ0) is 11.3. The van der Waals surface area contributed by atoms with E-state index in [-0.39, 0.29) is 12.6 Å². The number of alkyl halides is 1. The Morgan fingerprint density at radius 1 is 1.53 bits per heavy atom. The molecule has 1 aromatic rings. The molecule has 1 atom stereocenters. The standard InChI is InChI=1S/C11H15BrFNO/c1-8(14)6-9-7-10(12)2-3-11(9)15-5-4-13/h2-3,7-8H,4-6,14H2,1H3. The van der Waals surface area contributed by atoms with E-state index in [1.165, 1.54) is 0 Å². The van der Waals surface area contributed by atoms with Gasteiger partial charge in [-0.15, -0.1) is 0 Å². The number of benzene rings is 1. The highest BCUT2D eigenvalue weighted by Gasteiger charge is 2.06. The quantitative estimate of drug-likeness (QED) is 0.897. The van der Waals surface area contributed by atoms with Gasteiger partial charge in [0.15, 0.2) is 0 Å². The highest BCUT2D eigenvalue weighted by Crippen LogP contribution is 2.24. The summed E-state index contributed by atoms with van der Waals surface area (Å²) in [6, 6.07) is 5.72. The molecule has 4 heteroatoms. The second-order valence-corrected chi connectivity index (χ2v) is 4.39. The summed E-state index contributed by atoms with van der Waals surface area (Å²) >= 11 is 3.38. The van der Waals surface area contributed by atoms with Gasteiger partial charge in [0.05, 0.1) is 0 Å². The lowest BCUT2D eigenvalue weighted by atomic mass is 10.1. The summed E-state index contributed by atoms with van der Waals surface area (Å²) in [5.41, 5.74) is 6.73. The van der Waals surface area contributed by atoms with Crippen LogP contribution in [-0.4, -0.2) is 19.3 Å². The summed E-state index contributed by atoms with van der Waals surface area (Å²) in [4.78, 5) is 0. The predicted octanol–water partition coefficient (Wildman–Crippen LogP) is 2.69. The van der Waals surface area contributed by atoms with E-state index in [0.717, 1.165) is 16.5 Å². The first-order chi connectivity index (χ1) is 7.13. The molecule has 0 saturated heterocycles. The maximum atomic E-state index is 12.0. The van der Waals surface area contributed by atoms with Crippen LogP contribution in [-0.2, 0) is 6.42 Å². The Balaban J connectivity index is 2.82. The molecule has 0 aliphatic carbocycles. The molecular formula is C11H15BrFNO. The van der Waals surface area contributed by atoms with Crippen molar-refractivity contribution in [2.24, 2.45) is 5.73 Å². The van der Waals surface area contributed by atoms with Crippen molar-refractivity contribution >= 4 is 15.9 Å². The van der Waals surface area contributed by atoms with Crippen LogP contribution in [0.2, 0.25) is 0 Å². The average molecular weight is 276 g/mol. The minimum atomic E-state index is -0.478. The minimum absolute atomic E-state index is 0.0621. The number of hydrogen-bond donors (Lipinski definition) is 1. The van der Waals surface area contributed by atoms with Gasteiger partial charge in [0, 0.05) is 10.5 Å². The zero-order valence-corrected chi connectivity index (χ0v) is 10.3. The second kappa shape index (κ2) is 6.08. The summed E-state index contributed by atoms with van der Waals surface area (Å²) in [6.07, 6.45) is 0.723. The molecule has 2 N–H and O–H groups in total. The molecule has 0 amide bonds. The largest absolute Gasteiger partial charge is 0.491 e. The second-order valence-electron chi connectivity index (χ2n) is 3.47. The summed E-state index contributed by atoms with van der Waals surface area (Å²) in [6.45, 7) is 1.54. The monoisotopic (exact) mass is 275 g/mol. The Morgan fingerprint density at radius 3 is 2.87 bits per heavy atom. The van der Waals surface area contributed by atoms with Crippen molar-refractivity contribution in [3.63, 3.8) is 0 Å². The van der Waals surface area contributed by atoms with Gasteiger partial charge in [-0.1, -0.05) is 15.9 Å². The zero-order valence-electron chi connectivity index (χ0n) is 8.67. The van der Waals surface area contributed by atoms with Gasteiger partial charge in [0.1, 0.15) is 19.0 Å². The normalized spacial score (nSPS) is 12.5. The fourth-order valence-electron chi connectivity index (χ4n) is 1.34. The molecule has 15 heavy (non-hydrogen) atoms. The van der Waals surface area contributed by atoms with Gasteiger partial charge in [-0.2, -0.15) is 0 Å². The molecule has 0 aliphatic rings. The third-order valence-electron chi connectivity index (χ3n) is 1.90. The molecule has 84 valence electrons. The van der Waals surface area contributed by atoms with Crippen molar-refractivity contribution in [1.82, 2.24) is 0 Å². The van der Waals surface area contributed by atoms with Gasteiger partial charge in [-0.3, -0.25) is 0 Å². The van der Waals surface area contributed by atoms with Gasteiger partial charge >= 0.3 is 0 Å². The third kappa shape index (κ3) is 4.18. The molecule has 1 unspecified atom stereocenters. The number of hydrogen-bond acceptors (Lipinski definition) is 2. The number of nitrogens with two attached hydrogens (primary N) is 1. The van der Waals surface area contributed by atoms with Gasteiger partial charge in [-0.05, 0) is 37.1 Å². The van der Waals surface area contributed by atoms with E-state index in [0.29, 0.717) is 5.75 Å². The van der Waals surface area contributed by atoms with Crippen molar-refractivity contribution in [3.05, 3.63) is 28.2 Å². The van der Waals surface area contributed by atoms with Gasteiger partial charge < -0.3 is 10.5 Å². The summed E-state index contributed by atoms with van der Waals surface area (Å²) in [5, 5.41) is 0. The fourth-order valence-corrected chi connectivity index (χ4v) is 1.75. The predicted molar refractivity (Wildman–Crippen MR) is 63.0 cm³/mol. The summed E-state index contributed by atoms with van der Waals surface area (Å²) < 4.78 is 18.3. The van der Waals surface area contributed by atoms with E-state index in [1.54, 1.807) is 0 Å². The molecule has 1 rings (SSSR count). The van der Waals surface area contributed by atoms with E-state index in [4.69, 9.17) is 10.5 Å². The van der Waals surface area contributed by atoms with Crippen LogP contribution in [0.5, 0.6) is 5.75 Å². The van der Waals surface area contributed by atoms with E-state index >= 15 is 0 Å². The van der Waals surface area contributed by atoms with Gasteiger partial charge in [-0.25, -0.2) is 4.39 Å². The van der Waals surface area contributed by atoms with Crippen molar-refractivity contribution in [3.8, 4) is 5.75 Å². The number of halogens is 2. The first-order valence-electron chi connectivity index (χ1n) is 4.86. The Labute approximate surface area is 97.7 Å². The fraction of sp³-hybridized carbons (Fsp3) is 0.455. The Kier molecular flexibility index (Phi) is 5.05. The summed E-state index contributed by atoms with van der Waals surface area (Å²) in [7, 11) is 0. The van der Waals surface area contributed by atoms with Crippen LogP contribution in [0.1, 0.15) is 12.5 Å². The van der Waals surface area contributed by atoms with Crippen LogP contribution in [0.3, 0.4) is 0 Å². The molecule has 0 bridgehead atoms. The molecule has 0 heterocycles. The first-order valence-corrected chi connectivity index (χ1v) is 5.65. The molecule has 2 nitrogen and oxygen atoms in total. The minimum Gasteiger partial charge on any atom is -0.491 e. The van der Waals surface area contributed by atoms with Crippen molar-refractivity contribution in [2.45, 2.75) is 19.4 Å². The maximum absolute atomic E-state index is 12.0. The van der Waals surface area contributed by atoms with Crippen LogP contribution in [0, 0.1) is 0 Å². The lowest BCUT2D eigenvalue weighted by Crippen LogP contribution is -2.18. The van der Waals surface area contributed by atoms with Crippen molar-refractivity contribution in [2.75, 3.05) is 13.3 Å². The van der Waals surface area contributed by atoms with Crippen LogP contribution in [0.25, 0.3) is 0 Å². The number of ether oxygens (including phenoxy) is 1. The Morgan fingerprint density at radius 2 is 2.27 bits per heavy atom. The van der Waals surface area contributed by atoms with Crippen LogP contribution in [0.4, 0.5) is 4.39 Å². The molecule has 0 spiro atoms. The lowest BCUT2D eigenvalue weighted by Gasteiger charge is -2.12. The molecule has 1 aromatic carbocycles. The van der Waals surface area contributed by atoms with E-state index in [2.05, 4.69) is 15.9 Å². The molecule has 0 aromatic heterocycles.